The molecule has 64 valence electrons. The molecule has 1 aromatic rings. The predicted octanol–water partition coefficient (Wildman–Crippen LogP) is 2.87. The van der Waals surface area contributed by atoms with E-state index >= 15 is 0 Å². The highest BCUT2D eigenvalue weighted by atomic mass is 127. The van der Waals surface area contributed by atoms with Gasteiger partial charge in [-0.05, 0) is 12.0 Å². The molecule has 0 amide bonds. The standard InChI is InChI=1S/C10H11IO/c1-2-8-3-5-9(6-4-8)10(12)7-11/h3-6H,2,7H2,1H3. The fourth-order valence-corrected chi connectivity index (χ4v) is 1.44. The van der Waals surface area contributed by atoms with Crippen molar-refractivity contribution in [2.45, 2.75) is 13.3 Å². The Labute approximate surface area is 86.3 Å². The zero-order chi connectivity index (χ0) is 8.97. The number of rotatable bonds is 3. The molecule has 0 saturated carbocycles. The van der Waals surface area contributed by atoms with Crippen LogP contribution in [0.15, 0.2) is 24.3 Å². The van der Waals surface area contributed by atoms with Crippen LogP contribution >= 0.6 is 22.6 Å². The van der Waals surface area contributed by atoms with E-state index in [2.05, 4.69) is 29.5 Å². The van der Waals surface area contributed by atoms with Crippen molar-refractivity contribution in [3.63, 3.8) is 0 Å². The van der Waals surface area contributed by atoms with Gasteiger partial charge in [0.25, 0.3) is 0 Å². The van der Waals surface area contributed by atoms with E-state index in [0.29, 0.717) is 4.43 Å². The first kappa shape index (κ1) is 9.71. The maximum Gasteiger partial charge on any atom is 0.172 e. The molecule has 0 bridgehead atoms. The molecule has 0 spiro atoms. The van der Waals surface area contributed by atoms with Crippen molar-refractivity contribution < 1.29 is 4.79 Å². The van der Waals surface area contributed by atoms with Gasteiger partial charge in [-0.1, -0.05) is 53.8 Å². The summed E-state index contributed by atoms with van der Waals surface area (Å²) in [4.78, 5) is 11.2. The summed E-state index contributed by atoms with van der Waals surface area (Å²) in [6, 6.07) is 7.83. The molecule has 0 heterocycles. The monoisotopic (exact) mass is 274 g/mol. The number of carbonyl (C=O) groups is 1. The van der Waals surface area contributed by atoms with Crippen molar-refractivity contribution in [1.82, 2.24) is 0 Å². The molecule has 0 radical (unpaired) electrons. The van der Waals surface area contributed by atoms with E-state index in [4.69, 9.17) is 0 Å². The average molecular weight is 274 g/mol. The van der Waals surface area contributed by atoms with E-state index in [1.54, 1.807) is 0 Å². The van der Waals surface area contributed by atoms with Crippen molar-refractivity contribution in [1.29, 1.82) is 0 Å². The largest absolute Gasteiger partial charge is 0.293 e. The molecule has 0 saturated heterocycles. The molecule has 0 aliphatic carbocycles. The van der Waals surface area contributed by atoms with Crippen LogP contribution < -0.4 is 0 Å². The third-order valence-corrected chi connectivity index (χ3v) is 2.50. The van der Waals surface area contributed by atoms with Crippen LogP contribution in [0.1, 0.15) is 22.8 Å². The maximum absolute atomic E-state index is 11.2. The number of ketones is 1. The quantitative estimate of drug-likeness (QED) is 0.470. The summed E-state index contributed by atoms with van der Waals surface area (Å²) in [5.74, 6) is 0.207. The van der Waals surface area contributed by atoms with Crippen molar-refractivity contribution in [2.75, 3.05) is 4.43 Å². The molecule has 1 aromatic carbocycles. The fourth-order valence-electron chi connectivity index (χ4n) is 1.00. The van der Waals surface area contributed by atoms with Crippen LogP contribution in [0.4, 0.5) is 0 Å². The third-order valence-electron chi connectivity index (χ3n) is 1.81. The topological polar surface area (TPSA) is 17.1 Å². The Bertz CT molecular complexity index is 264. The second-order valence-corrected chi connectivity index (χ2v) is 3.37. The van der Waals surface area contributed by atoms with Gasteiger partial charge in [0.15, 0.2) is 5.78 Å². The summed E-state index contributed by atoms with van der Waals surface area (Å²) < 4.78 is 0.559. The second-order valence-electron chi connectivity index (χ2n) is 2.61. The van der Waals surface area contributed by atoms with Gasteiger partial charge in [0.1, 0.15) is 0 Å². The first-order valence-electron chi connectivity index (χ1n) is 3.96. The number of hydrogen-bond donors (Lipinski definition) is 0. The molecule has 0 fully saturated rings. The molecule has 0 atom stereocenters. The number of carbonyl (C=O) groups excluding carboxylic acids is 1. The van der Waals surface area contributed by atoms with Crippen molar-refractivity contribution in [2.24, 2.45) is 0 Å². The van der Waals surface area contributed by atoms with Crippen LogP contribution in [0.25, 0.3) is 0 Å². The van der Waals surface area contributed by atoms with Gasteiger partial charge in [0.05, 0.1) is 4.43 Å². The lowest BCUT2D eigenvalue weighted by Gasteiger charge is -1.98. The van der Waals surface area contributed by atoms with E-state index in [-0.39, 0.29) is 5.78 Å². The number of aryl methyl sites for hydroxylation is 1. The van der Waals surface area contributed by atoms with Crippen LogP contribution in [0.5, 0.6) is 0 Å². The van der Waals surface area contributed by atoms with E-state index in [0.717, 1.165) is 12.0 Å². The van der Waals surface area contributed by atoms with Gasteiger partial charge in [-0.3, -0.25) is 4.79 Å². The van der Waals surface area contributed by atoms with Gasteiger partial charge < -0.3 is 0 Å². The second kappa shape index (κ2) is 4.60. The third kappa shape index (κ3) is 2.30. The lowest BCUT2D eigenvalue weighted by molar-refractivity contribution is 0.102. The summed E-state index contributed by atoms with van der Waals surface area (Å²) in [7, 11) is 0. The molecule has 0 aliphatic rings. The Morgan fingerprint density at radius 3 is 2.33 bits per heavy atom. The first-order valence-corrected chi connectivity index (χ1v) is 5.48. The van der Waals surface area contributed by atoms with Crippen LogP contribution in [0, 0.1) is 0 Å². The molecule has 0 N–H and O–H groups in total. The molecule has 0 aromatic heterocycles. The van der Waals surface area contributed by atoms with Crippen molar-refractivity contribution in [3.8, 4) is 0 Å². The van der Waals surface area contributed by atoms with Gasteiger partial charge in [0.2, 0.25) is 0 Å². The minimum absolute atomic E-state index is 0.207. The van der Waals surface area contributed by atoms with Crippen LogP contribution in [0.2, 0.25) is 0 Å². The lowest BCUT2D eigenvalue weighted by Crippen LogP contribution is -1.99. The Kier molecular flexibility index (Phi) is 3.72. The molecule has 2 heteroatoms. The molecule has 1 rings (SSSR count). The summed E-state index contributed by atoms with van der Waals surface area (Å²) in [6.45, 7) is 2.11. The summed E-state index contributed by atoms with van der Waals surface area (Å²) in [5.41, 5.74) is 2.10. The normalized spacial score (nSPS) is 9.83. The number of benzene rings is 1. The summed E-state index contributed by atoms with van der Waals surface area (Å²) in [6.07, 6.45) is 1.03. The minimum atomic E-state index is 0.207. The Balaban J connectivity index is 2.84. The van der Waals surface area contributed by atoms with Crippen molar-refractivity contribution >= 4 is 28.4 Å². The highest BCUT2D eigenvalue weighted by molar-refractivity contribution is 14.1. The van der Waals surface area contributed by atoms with Crippen LogP contribution in [-0.2, 0) is 6.42 Å². The number of hydrogen-bond acceptors (Lipinski definition) is 1. The fraction of sp³-hybridized carbons (Fsp3) is 0.300. The molecular weight excluding hydrogens is 263 g/mol. The highest BCUT2D eigenvalue weighted by Crippen LogP contribution is 2.06. The molecule has 12 heavy (non-hydrogen) atoms. The van der Waals surface area contributed by atoms with Crippen LogP contribution in [-0.4, -0.2) is 10.2 Å². The Morgan fingerprint density at radius 1 is 1.33 bits per heavy atom. The summed E-state index contributed by atoms with van der Waals surface area (Å²) in [5, 5.41) is 0. The zero-order valence-electron chi connectivity index (χ0n) is 7.01. The molecule has 0 unspecified atom stereocenters. The van der Waals surface area contributed by atoms with E-state index < -0.39 is 0 Å². The predicted molar refractivity (Wildman–Crippen MR) is 59.0 cm³/mol. The lowest BCUT2D eigenvalue weighted by atomic mass is 10.1. The molecule has 1 nitrogen and oxygen atoms in total. The number of Topliss-reactive ketones (excluding diaryl/α,β-unsaturated/α-hetero) is 1. The molecule has 0 aliphatic heterocycles. The maximum atomic E-state index is 11.2. The SMILES string of the molecule is CCc1ccc(C(=O)CI)cc1. The summed E-state index contributed by atoms with van der Waals surface area (Å²) >= 11 is 2.09. The van der Waals surface area contributed by atoms with E-state index in [1.807, 2.05) is 24.3 Å². The first-order chi connectivity index (χ1) is 5.77. The highest BCUT2D eigenvalue weighted by Gasteiger charge is 2.01. The van der Waals surface area contributed by atoms with Crippen molar-refractivity contribution in [3.05, 3.63) is 35.4 Å². The zero-order valence-corrected chi connectivity index (χ0v) is 9.17. The van der Waals surface area contributed by atoms with E-state index in [1.165, 1.54) is 5.56 Å². The molecular formula is C10H11IO. The average Bonchev–Trinajstić information content (AvgIpc) is 2.17. The van der Waals surface area contributed by atoms with Gasteiger partial charge in [-0.25, -0.2) is 0 Å². The van der Waals surface area contributed by atoms with E-state index in [9.17, 15) is 4.79 Å². The Morgan fingerprint density at radius 2 is 1.92 bits per heavy atom. The van der Waals surface area contributed by atoms with Gasteiger partial charge >= 0.3 is 0 Å². The number of halogens is 1. The van der Waals surface area contributed by atoms with Gasteiger partial charge in [-0.15, -0.1) is 0 Å². The Hall–Kier alpha value is -0.380. The van der Waals surface area contributed by atoms with Gasteiger partial charge in [-0.2, -0.15) is 0 Å². The van der Waals surface area contributed by atoms with Crippen LogP contribution in [0.3, 0.4) is 0 Å². The minimum Gasteiger partial charge on any atom is -0.293 e. The smallest absolute Gasteiger partial charge is 0.172 e. The van der Waals surface area contributed by atoms with Gasteiger partial charge in [0, 0.05) is 5.56 Å². The number of alkyl halides is 1.